The van der Waals surface area contributed by atoms with Crippen LogP contribution in [0.15, 0.2) is 30.7 Å². The van der Waals surface area contributed by atoms with Gasteiger partial charge in [-0.25, -0.2) is 4.98 Å². The molecule has 72 valence electrons. The van der Waals surface area contributed by atoms with E-state index in [1.807, 2.05) is 23.7 Å². The predicted octanol–water partition coefficient (Wildman–Crippen LogP) is 0.974. The fourth-order valence-electron chi connectivity index (χ4n) is 1.35. The largest absolute Gasteiger partial charge is 0.390 e. The Morgan fingerprint density at radius 1 is 1.43 bits per heavy atom. The van der Waals surface area contributed by atoms with Crippen molar-refractivity contribution in [3.63, 3.8) is 0 Å². The van der Waals surface area contributed by atoms with E-state index >= 15 is 0 Å². The zero-order valence-electron chi connectivity index (χ0n) is 7.88. The molecule has 0 atom stereocenters. The van der Waals surface area contributed by atoms with Gasteiger partial charge in [0.05, 0.1) is 18.5 Å². The molecular formula is C10H11N3O. The topological polar surface area (TPSA) is 50.9 Å². The monoisotopic (exact) mass is 189 g/mol. The summed E-state index contributed by atoms with van der Waals surface area (Å²) in [5, 5.41) is 9.00. The van der Waals surface area contributed by atoms with E-state index in [1.165, 1.54) is 0 Å². The van der Waals surface area contributed by atoms with Crippen molar-refractivity contribution in [1.29, 1.82) is 0 Å². The minimum atomic E-state index is 0.00373. The average Bonchev–Trinajstić information content (AvgIpc) is 2.61. The molecule has 0 radical (unpaired) electrons. The minimum Gasteiger partial charge on any atom is -0.390 e. The van der Waals surface area contributed by atoms with Crippen LogP contribution < -0.4 is 0 Å². The van der Waals surface area contributed by atoms with E-state index in [4.69, 9.17) is 5.11 Å². The number of pyridine rings is 1. The lowest BCUT2D eigenvalue weighted by atomic mass is 10.3. The van der Waals surface area contributed by atoms with Gasteiger partial charge in [0.2, 0.25) is 0 Å². The number of aliphatic hydroxyl groups is 1. The van der Waals surface area contributed by atoms with Gasteiger partial charge in [-0.05, 0) is 12.1 Å². The number of aliphatic hydroxyl groups excluding tert-OH is 1. The molecule has 0 saturated heterocycles. The molecule has 0 aliphatic carbocycles. The van der Waals surface area contributed by atoms with Crippen LogP contribution in [0.25, 0.3) is 11.4 Å². The van der Waals surface area contributed by atoms with E-state index in [1.54, 1.807) is 18.6 Å². The Hall–Kier alpha value is -1.68. The molecule has 14 heavy (non-hydrogen) atoms. The van der Waals surface area contributed by atoms with Crippen molar-refractivity contribution in [2.75, 3.05) is 0 Å². The van der Waals surface area contributed by atoms with E-state index in [9.17, 15) is 0 Å². The van der Waals surface area contributed by atoms with Gasteiger partial charge >= 0.3 is 0 Å². The average molecular weight is 189 g/mol. The highest BCUT2D eigenvalue weighted by Gasteiger charge is 2.06. The van der Waals surface area contributed by atoms with Crippen LogP contribution in [0.5, 0.6) is 0 Å². The van der Waals surface area contributed by atoms with Gasteiger partial charge in [-0.15, -0.1) is 0 Å². The number of hydrogen-bond donors (Lipinski definition) is 1. The number of rotatable bonds is 2. The lowest BCUT2D eigenvalue weighted by Crippen LogP contribution is -1.98. The smallest absolute Gasteiger partial charge is 0.141 e. The highest BCUT2D eigenvalue weighted by Crippen LogP contribution is 2.16. The maximum absolute atomic E-state index is 9.00. The Balaban J connectivity index is 2.48. The lowest BCUT2D eigenvalue weighted by molar-refractivity contribution is 0.273. The van der Waals surface area contributed by atoms with Crippen LogP contribution >= 0.6 is 0 Å². The summed E-state index contributed by atoms with van der Waals surface area (Å²) in [6, 6.07) is 3.80. The van der Waals surface area contributed by atoms with Crippen LogP contribution in [-0.2, 0) is 13.7 Å². The summed E-state index contributed by atoms with van der Waals surface area (Å²) in [4.78, 5) is 8.24. The van der Waals surface area contributed by atoms with Gasteiger partial charge < -0.3 is 9.67 Å². The van der Waals surface area contributed by atoms with Crippen LogP contribution in [0.2, 0.25) is 0 Å². The summed E-state index contributed by atoms with van der Waals surface area (Å²) in [6.45, 7) is 0.00373. The van der Waals surface area contributed by atoms with Gasteiger partial charge in [-0.1, -0.05) is 0 Å². The van der Waals surface area contributed by atoms with E-state index in [2.05, 4.69) is 9.97 Å². The minimum absolute atomic E-state index is 0.00373. The van der Waals surface area contributed by atoms with Crippen LogP contribution in [0.3, 0.4) is 0 Å². The first-order valence-corrected chi connectivity index (χ1v) is 4.35. The third-order valence-electron chi connectivity index (χ3n) is 2.17. The number of hydrogen-bond acceptors (Lipinski definition) is 3. The van der Waals surface area contributed by atoms with Gasteiger partial charge in [0.25, 0.3) is 0 Å². The molecule has 0 aliphatic rings. The van der Waals surface area contributed by atoms with E-state index in [0.717, 1.165) is 17.1 Å². The highest BCUT2D eigenvalue weighted by molar-refractivity contribution is 5.54. The van der Waals surface area contributed by atoms with Gasteiger partial charge in [-0.3, -0.25) is 4.98 Å². The molecule has 0 aliphatic heterocycles. The molecule has 0 unspecified atom stereocenters. The molecule has 2 aromatic heterocycles. The van der Waals surface area contributed by atoms with Gasteiger partial charge in [0.15, 0.2) is 0 Å². The fourth-order valence-corrected chi connectivity index (χ4v) is 1.35. The Labute approximate surface area is 81.9 Å². The molecular weight excluding hydrogens is 178 g/mol. The van der Waals surface area contributed by atoms with Crippen molar-refractivity contribution in [2.24, 2.45) is 7.05 Å². The van der Waals surface area contributed by atoms with Crippen LogP contribution in [0, 0.1) is 0 Å². The van der Waals surface area contributed by atoms with Crippen molar-refractivity contribution in [3.8, 4) is 11.4 Å². The first kappa shape index (κ1) is 8.90. The molecule has 0 fully saturated rings. The Morgan fingerprint density at radius 2 is 2.29 bits per heavy atom. The van der Waals surface area contributed by atoms with E-state index < -0.39 is 0 Å². The molecule has 0 bridgehead atoms. The molecule has 4 heteroatoms. The van der Waals surface area contributed by atoms with Crippen LogP contribution in [0.4, 0.5) is 0 Å². The summed E-state index contributed by atoms with van der Waals surface area (Å²) in [5.74, 6) is 0.821. The Morgan fingerprint density at radius 3 is 2.86 bits per heavy atom. The number of imidazole rings is 1. The van der Waals surface area contributed by atoms with Crippen molar-refractivity contribution in [1.82, 2.24) is 14.5 Å². The second kappa shape index (κ2) is 3.59. The summed E-state index contributed by atoms with van der Waals surface area (Å²) < 4.78 is 1.86. The Kier molecular flexibility index (Phi) is 2.28. The zero-order valence-corrected chi connectivity index (χ0v) is 7.88. The molecule has 2 heterocycles. The molecule has 0 aromatic carbocycles. The van der Waals surface area contributed by atoms with E-state index in [0.29, 0.717) is 0 Å². The summed E-state index contributed by atoms with van der Waals surface area (Å²) >= 11 is 0. The lowest BCUT2D eigenvalue weighted by Gasteiger charge is -2.02. The highest BCUT2D eigenvalue weighted by atomic mass is 16.3. The number of aromatic nitrogens is 3. The van der Waals surface area contributed by atoms with Crippen LogP contribution in [-0.4, -0.2) is 19.6 Å². The second-order valence-electron chi connectivity index (χ2n) is 3.03. The van der Waals surface area contributed by atoms with Gasteiger partial charge in [0.1, 0.15) is 5.82 Å². The quantitative estimate of drug-likeness (QED) is 0.766. The first-order chi connectivity index (χ1) is 6.83. The predicted molar refractivity (Wildman–Crippen MR) is 52.4 cm³/mol. The molecule has 0 amide bonds. The molecule has 4 nitrogen and oxygen atoms in total. The summed E-state index contributed by atoms with van der Waals surface area (Å²) in [5.41, 5.74) is 1.75. The Bertz CT molecular complexity index is 422. The third-order valence-corrected chi connectivity index (χ3v) is 2.17. The zero-order chi connectivity index (χ0) is 9.97. The first-order valence-electron chi connectivity index (χ1n) is 4.35. The maximum atomic E-state index is 9.00. The summed E-state index contributed by atoms with van der Waals surface area (Å²) in [7, 11) is 1.88. The van der Waals surface area contributed by atoms with Crippen molar-refractivity contribution < 1.29 is 5.11 Å². The van der Waals surface area contributed by atoms with Crippen molar-refractivity contribution >= 4 is 0 Å². The normalized spacial score (nSPS) is 10.4. The molecule has 2 rings (SSSR count). The van der Waals surface area contributed by atoms with Crippen molar-refractivity contribution in [2.45, 2.75) is 6.61 Å². The molecule has 0 saturated carbocycles. The van der Waals surface area contributed by atoms with Crippen molar-refractivity contribution in [3.05, 3.63) is 36.4 Å². The molecule has 0 spiro atoms. The van der Waals surface area contributed by atoms with Crippen LogP contribution in [0.1, 0.15) is 5.69 Å². The summed E-state index contributed by atoms with van der Waals surface area (Å²) in [6.07, 6.45) is 5.14. The fraction of sp³-hybridized carbons (Fsp3) is 0.200. The second-order valence-corrected chi connectivity index (χ2v) is 3.03. The SMILES string of the molecule is Cn1c(CO)cnc1-c1cccnc1. The molecule has 2 aromatic rings. The maximum Gasteiger partial charge on any atom is 0.141 e. The third kappa shape index (κ3) is 1.40. The van der Waals surface area contributed by atoms with Gasteiger partial charge in [-0.2, -0.15) is 0 Å². The molecule has 1 N–H and O–H groups in total. The standard InChI is InChI=1S/C10H11N3O/c1-13-9(7-14)6-12-10(13)8-3-2-4-11-5-8/h2-6,14H,7H2,1H3. The van der Waals surface area contributed by atoms with Gasteiger partial charge in [0, 0.05) is 25.0 Å². The van der Waals surface area contributed by atoms with E-state index in [-0.39, 0.29) is 6.61 Å². The number of nitrogens with zero attached hydrogens (tertiary/aromatic N) is 3.